The Morgan fingerprint density at radius 3 is 2.59 bits per heavy atom. The molecule has 0 aromatic rings. The predicted octanol–water partition coefficient (Wildman–Crippen LogP) is 1.20. The highest BCUT2D eigenvalue weighted by molar-refractivity contribution is 7.89. The molecule has 0 aromatic heterocycles. The maximum Gasteiger partial charge on any atom is 0.211 e. The smallest absolute Gasteiger partial charge is 0.211 e. The van der Waals surface area contributed by atoms with Crippen molar-refractivity contribution in [3.05, 3.63) is 0 Å². The number of piperidine rings is 1. The van der Waals surface area contributed by atoms with Gasteiger partial charge >= 0.3 is 0 Å². The number of nitrogens with one attached hydrogen (secondary N) is 2. The van der Waals surface area contributed by atoms with Gasteiger partial charge in [0.1, 0.15) is 0 Å². The molecule has 1 heterocycles. The van der Waals surface area contributed by atoms with Crippen LogP contribution in [0.15, 0.2) is 0 Å². The molecule has 0 saturated carbocycles. The molecule has 2 atom stereocenters. The quantitative estimate of drug-likeness (QED) is 0.756. The summed E-state index contributed by atoms with van der Waals surface area (Å²) in [7, 11) is -3.10. The van der Waals surface area contributed by atoms with Crippen LogP contribution in [0.5, 0.6) is 0 Å². The molecule has 0 spiro atoms. The fourth-order valence-corrected chi connectivity index (χ4v) is 3.47. The molecular formula is C12H26N2O2S. The molecule has 0 radical (unpaired) electrons. The van der Waals surface area contributed by atoms with Crippen LogP contribution in [0.1, 0.15) is 33.6 Å². The number of hydrogen-bond donors (Lipinski definition) is 2. The van der Waals surface area contributed by atoms with Crippen LogP contribution in [0.2, 0.25) is 0 Å². The van der Waals surface area contributed by atoms with E-state index < -0.39 is 10.0 Å². The van der Waals surface area contributed by atoms with Gasteiger partial charge < -0.3 is 5.32 Å². The maximum atomic E-state index is 11.9. The van der Waals surface area contributed by atoms with E-state index in [-0.39, 0.29) is 11.7 Å². The molecular weight excluding hydrogens is 236 g/mol. The van der Waals surface area contributed by atoms with E-state index in [2.05, 4.69) is 30.8 Å². The highest BCUT2D eigenvalue weighted by Crippen LogP contribution is 2.13. The Bertz CT molecular complexity index is 308. The van der Waals surface area contributed by atoms with Gasteiger partial charge in [0, 0.05) is 6.54 Å². The van der Waals surface area contributed by atoms with Gasteiger partial charge in [-0.1, -0.05) is 20.8 Å². The Balaban J connectivity index is 2.34. The van der Waals surface area contributed by atoms with E-state index in [0.717, 1.165) is 25.9 Å². The van der Waals surface area contributed by atoms with Gasteiger partial charge in [-0.3, -0.25) is 0 Å². The Morgan fingerprint density at radius 1 is 1.35 bits per heavy atom. The van der Waals surface area contributed by atoms with Crippen molar-refractivity contribution in [1.29, 1.82) is 0 Å². The Labute approximate surface area is 106 Å². The van der Waals surface area contributed by atoms with Crippen molar-refractivity contribution in [3.8, 4) is 0 Å². The zero-order valence-corrected chi connectivity index (χ0v) is 12.0. The van der Waals surface area contributed by atoms with Crippen LogP contribution in [0.4, 0.5) is 0 Å². The summed E-state index contributed by atoms with van der Waals surface area (Å²) < 4.78 is 26.5. The fourth-order valence-electron chi connectivity index (χ4n) is 1.93. The largest absolute Gasteiger partial charge is 0.316 e. The highest BCUT2D eigenvalue weighted by Gasteiger charge is 2.21. The third kappa shape index (κ3) is 5.84. The van der Waals surface area contributed by atoms with E-state index in [0.29, 0.717) is 18.4 Å². The maximum absolute atomic E-state index is 11.9. The minimum absolute atomic E-state index is 0.269. The first-order chi connectivity index (χ1) is 7.91. The number of hydrogen-bond acceptors (Lipinski definition) is 3. The van der Waals surface area contributed by atoms with E-state index in [1.807, 2.05) is 0 Å². The van der Waals surface area contributed by atoms with E-state index in [1.54, 1.807) is 0 Å². The van der Waals surface area contributed by atoms with E-state index in [9.17, 15) is 8.42 Å². The summed E-state index contributed by atoms with van der Waals surface area (Å²) in [6.45, 7) is 8.72. The average molecular weight is 262 g/mol. The predicted molar refractivity (Wildman–Crippen MR) is 71.4 cm³/mol. The summed E-state index contributed by atoms with van der Waals surface area (Å²) >= 11 is 0. The minimum atomic E-state index is -3.10. The van der Waals surface area contributed by atoms with Crippen molar-refractivity contribution in [2.24, 2.45) is 17.8 Å². The van der Waals surface area contributed by atoms with Crippen LogP contribution in [0, 0.1) is 17.8 Å². The van der Waals surface area contributed by atoms with E-state index in [4.69, 9.17) is 0 Å². The molecule has 1 fully saturated rings. The Morgan fingerprint density at radius 2 is 2.06 bits per heavy atom. The summed E-state index contributed by atoms with van der Waals surface area (Å²) in [6.07, 6.45) is 2.11. The molecule has 0 amide bonds. The van der Waals surface area contributed by atoms with Crippen LogP contribution in [0.3, 0.4) is 0 Å². The zero-order valence-electron chi connectivity index (χ0n) is 11.2. The van der Waals surface area contributed by atoms with Gasteiger partial charge in [-0.25, -0.2) is 13.1 Å². The van der Waals surface area contributed by atoms with Crippen LogP contribution in [0.25, 0.3) is 0 Å². The lowest BCUT2D eigenvalue weighted by Crippen LogP contribution is -2.39. The summed E-state index contributed by atoms with van der Waals surface area (Å²) in [4.78, 5) is 0. The summed E-state index contributed by atoms with van der Waals surface area (Å²) in [5.74, 6) is 1.43. The first-order valence-electron chi connectivity index (χ1n) is 6.59. The van der Waals surface area contributed by atoms with Crippen LogP contribution < -0.4 is 10.0 Å². The first kappa shape index (κ1) is 14.9. The van der Waals surface area contributed by atoms with Gasteiger partial charge in [0.2, 0.25) is 10.0 Å². The normalized spacial score (nSPS) is 23.9. The number of rotatable bonds is 6. The molecule has 0 bridgehead atoms. The Kier molecular flexibility index (Phi) is 5.89. The first-order valence-corrected chi connectivity index (χ1v) is 8.24. The van der Waals surface area contributed by atoms with Crippen molar-refractivity contribution in [1.82, 2.24) is 10.0 Å². The van der Waals surface area contributed by atoms with Crippen molar-refractivity contribution in [2.45, 2.75) is 33.6 Å². The topological polar surface area (TPSA) is 58.2 Å². The monoisotopic (exact) mass is 262 g/mol. The van der Waals surface area contributed by atoms with E-state index >= 15 is 0 Å². The summed E-state index contributed by atoms with van der Waals surface area (Å²) in [5, 5.41) is 3.25. The molecule has 1 aliphatic heterocycles. The van der Waals surface area contributed by atoms with Gasteiger partial charge in [-0.15, -0.1) is 0 Å². The molecule has 102 valence electrons. The lowest BCUT2D eigenvalue weighted by atomic mass is 9.99. The Hall–Kier alpha value is -0.130. The molecule has 1 rings (SSSR count). The third-order valence-corrected chi connectivity index (χ3v) is 5.13. The second-order valence-electron chi connectivity index (χ2n) is 5.56. The zero-order chi connectivity index (χ0) is 12.9. The molecule has 17 heavy (non-hydrogen) atoms. The molecule has 1 aliphatic rings. The molecule has 2 unspecified atom stereocenters. The highest BCUT2D eigenvalue weighted by atomic mass is 32.2. The second kappa shape index (κ2) is 6.71. The molecule has 5 heteroatoms. The van der Waals surface area contributed by atoms with Crippen LogP contribution in [-0.2, 0) is 10.0 Å². The van der Waals surface area contributed by atoms with Crippen molar-refractivity contribution < 1.29 is 8.42 Å². The van der Waals surface area contributed by atoms with Gasteiger partial charge in [-0.2, -0.15) is 0 Å². The molecule has 0 aliphatic carbocycles. The van der Waals surface area contributed by atoms with Gasteiger partial charge in [-0.05, 0) is 43.7 Å². The van der Waals surface area contributed by atoms with Gasteiger partial charge in [0.05, 0.1) is 5.75 Å². The standard InChI is InChI=1S/C12H26N2O2S/c1-10(2)11(3)7-14-17(15,16)9-12-5-4-6-13-8-12/h10-14H,4-9H2,1-3H3. The van der Waals surface area contributed by atoms with Gasteiger partial charge in [0.25, 0.3) is 0 Å². The van der Waals surface area contributed by atoms with E-state index in [1.165, 1.54) is 0 Å². The average Bonchev–Trinajstić information content (AvgIpc) is 2.26. The lowest BCUT2D eigenvalue weighted by Gasteiger charge is -2.23. The van der Waals surface area contributed by atoms with Crippen molar-refractivity contribution in [3.63, 3.8) is 0 Å². The molecule has 0 aromatic carbocycles. The van der Waals surface area contributed by atoms with Crippen LogP contribution in [-0.4, -0.2) is 33.8 Å². The van der Waals surface area contributed by atoms with Crippen molar-refractivity contribution >= 4 is 10.0 Å². The second-order valence-corrected chi connectivity index (χ2v) is 7.42. The third-order valence-electron chi connectivity index (χ3n) is 3.62. The van der Waals surface area contributed by atoms with Crippen LogP contribution >= 0.6 is 0 Å². The molecule has 4 nitrogen and oxygen atoms in total. The van der Waals surface area contributed by atoms with Crippen molar-refractivity contribution in [2.75, 3.05) is 25.4 Å². The SMILES string of the molecule is CC(C)C(C)CNS(=O)(=O)CC1CCCNC1. The van der Waals surface area contributed by atoms with Gasteiger partial charge in [0.15, 0.2) is 0 Å². The summed E-state index contributed by atoms with van der Waals surface area (Å²) in [6, 6.07) is 0. The molecule has 1 saturated heterocycles. The summed E-state index contributed by atoms with van der Waals surface area (Å²) in [5.41, 5.74) is 0. The molecule has 2 N–H and O–H groups in total. The minimum Gasteiger partial charge on any atom is -0.316 e. The number of sulfonamides is 1. The fraction of sp³-hybridized carbons (Fsp3) is 1.00. The lowest BCUT2D eigenvalue weighted by molar-refractivity contribution is 0.396.